The van der Waals surface area contributed by atoms with Crippen LogP contribution in [0.3, 0.4) is 0 Å². The molecule has 6 atom stereocenters. The molecule has 4 aromatic carbocycles. The van der Waals surface area contributed by atoms with E-state index >= 15 is 4.79 Å². The number of nitrogens with zero attached hydrogens (tertiary/aromatic N) is 3. The Bertz CT molecular complexity index is 2260. The molecule has 286 valence electrons. The van der Waals surface area contributed by atoms with E-state index in [0.29, 0.717) is 45.3 Å². The first-order valence-corrected chi connectivity index (χ1v) is 19.8. The summed E-state index contributed by atoms with van der Waals surface area (Å²) < 4.78 is 13.9. The van der Waals surface area contributed by atoms with Gasteiger partial charge in [0.05, 0.1) is 28.9 Å². The maximum atomic E-state index is 15.3. The summed E-state index contributed by atoms with van der Waals surface area (Å²) in [6.45, 7) is 2.28. The van der Waals surface area contributed by atoms with Crippen LogP contribution in [0.1, 0.15) is 48.3 Å². The number of rotatable bonds is 7. The Morgan fingerprint density at radius 3 is 2.21 bits per heavy atom. The first-order chi connectivity index (χ1) is 27.1. The number of carbonyl (C=O) groups is 4. The number of hydrazine groups is 1. The number of imide groups is 2. The Balaban J connectivity index is 1.12. The monoisotopic (exact) mass is 792 g/mol. The number of likely N-dealkylation sites (tertiary alicyclic amines) is 2. The van der Waals surface area contributed by atoms with Gasteiger partial charge in [-0.3, -0.25) is 34.4 Å². The molecule has 1 saturated carbocycles. The van der Waals surface area contributed by atoms with Crippen LogP contribution in [0.15, 0.2) is 109 Å². The maximum Gasteiger partial charge on any atom is 0.260 e. The van der Waals surface area contributed by atoms with Crippen molar-refractivity contribution in [2.75, 3.05) is 18.5 Å². The van der Waals surface area contributed by atoms with Crippen molar-refractivity contribution in [1.29, 1.82) is 0 Å². The molecule has 0 aromatic heterocycles. The largest absolute Gasteiger partial charge is 0.508 e. The maximum absolute atomic E-state index is 15.3. The highest BCUT2D eigenvalue weighted by Crippen LogP contribution is 2.65. The van der Waals surface area contributed by atoms with E-state index in [9.17, 15) is 23.9 Å². The third-order valence-corrected chi connectivity index (χ3v) is 13.2. The zero-order valence-electron chi connectivity index (χ0n) is 30.3. The molecule has 0 radical (unpaired) electrons. The molecule has 3 aliphatic heterocycles. The Kier molecular flexibility index (Phi) is 9.26. The van der Waals surface area contributed by atoms with Crippen LogP contribution in [-0.4, -0.2) is 62.7 Å². The number of amides is 4. The number of benzene rings is 4. The zero-order chi connectivity index (χ0) is 38.9. The lowest BCUT2D eigenvalue weighted by Gasteiger charge is -2.50. The number of hydrogen-bond donors (Lipinski definition) is 2. The van der Waals surface area contributed by atoms with E-state index in [1.165, 1.54) is 40.8 Å². The lowest BCUT2D eigenvalue weighted by molar-refractivity contribution is -0.144. The highest BCUT2D eigenvalue weighted by Gasteiger charge is 2.70. The van der Waals surface area contributed by atoms with Crippen LogP contribution in [0.25, 0.3) is 0 Å². The summed E-state index contributed by atoms with van der Waals surface area (Å²) in [7, 11) is 0. The van der Waals surface area contributed by atoms with Crippen LogP contribution in [0, 0.1) is 29.5 Å². The molecule has 9 nitrogen and oxygen atoms in total. The predicted octanol–water partition coefficient (Wildman–Crippen LogP) is 7.49. The molecule has 3 heterocycles. The molecule has 12 heteroatoms. The smallest absolute Gasteiger partial charge is 0.260 e. The van der Waals surface area contributed by atoms with Gasteiger partial charge in [-0.05, 0) is 97.3 Å². The minimum Gasteiger partial charge on any atom is -0.508 e. The fourth-order valence-electron chi connectivity index (χ4n) is 10.3. The fraction of sp³-hybridized carbons (Fsp3) is 0.318. The number of hydrogen-bond acceptors (Lipinski definition) is 7. The SMILES string of the molecule is O=C1[C@@H]2C[C@@H]3C(=CC[C@@H]4C(=O)N(C5CCN(Cc6ccccc6)CC5)C(=O)[C@@H]43)[C@H](c3cc(Cl)ccc3O)[C@]2(c2ccc(Cl)cc2)C(=O)N1Nc1ccc(F)cc1. The van der Waals surface area contributed by atoms with Gasteiger partial charge >= 0.3 is 0 Å². The first kappa shape index (κ1) is 36.6. The molecule has 56 heavy (non-hydrogen) atoms. The molecule has 5 aliphatic rings. The number of phenols is 1. The van der Waals surface area contributed by atoms with Crippen LogP contribution < -0.4 is 5.43 Å². The van der Waals surface area contributed by atoms with E-state index < -0.39 is 52.6 Å². The number of halogens is 3. The molecule has 0 unspecified atom stereocenters. The van der Waals surface area contributed by atoms with Crippen molar-refractivity contribution in [2.45, 2.75) is 49.6 Å². The second-order valence-corrected chi connectivity index (χ2v) is 16.5. The second-order valence-electron chi connectivity index (χ2n) is 15.6. The van der Waals surface area contributed by atoms with E-state index in [4.69, 9.17) is 23.2 Å². The van der Waals surface area contributed by atoms with Crippen LogP contribution in [-0.2, 0) is 31.1 Å². The molecule has 3 saturated heterocycles. The van der Waals surface area contributed by atoms with Gasteiger partial charge in [0.25, 0.3) is 11.8 Å². The Morgan fingerprint density at radius 1 is 0.804 bits per heavy atom. The number of allylic oxidation sites excluding steroid dienone is 2. The van der Waals surface area contributed by atoms with Crippen LogP contribution in [0.5, 0.6) is 5.75 Å². The topological polar surface area (TPSA) is 110 Å². The van der Waals surface area contributed by atoms with E-state index in [0.717, 1.165) is 24.6 Å². The van der Waals surface area contributed by atoms with Gasteiger partial charge in [0, 0.05) is 47.2 Å². The third-order valence-electron chi connectivity index (χ3n) is 12.8. The third kappa shape index (κ3) is 5.83. The van der Waals surface area contributed by atoms with Gasteiger partial charge in [0.1, 0.15) is 11.6 Å². The van der Waals surface area contributed by atoms with Crippen molar-refractivity contribution in [1.82, 2.24) is 14.8 Å². The molecule has 0 spiro atoms. The lowest BCUT2D eigenvalue weighted by atomic mass is 9.49. The van der Waals surface area contributed by atoms with E-state index in [2.05, 4.69) is 22.5 Å². The molecule has 4 amide bonds. The minimum atomic E-state index is -1.62. The molecular weight excluding hydrogens is 754 g/mol. The highest BCUT2D eigenvalue weighted by atomic mass is 35.5. The molecule has 2 aliphatic carbocycles. The van der Waals surface area contributed by atoms with Gasteiger partial charge in [-0.1, -0.05) is 77.3 Å². The number of fused-ring (bicyclic) bond motifs is 4. The van der Waals surface area contributed by atoms with Crippen molar-refractivity contribution in [3.63, 3.8) is 0 Å². The van der Waals surface area contributed by atoms with Gasteiger partial charge in [-0.15, -0.1) is 0 Å². The predicted molar refractivity (Wildman–Crippen MR) is 209 cm³/mol. The second kappa shape index (κ2) is 14.2. The van der Waals surface area contributed by atoms with Crippen molar-refractivity contribution in [3.05, 3.63) is 141 Å². The van der Waals surface area contributed by atoms with Crippen molar-refractivity contribution in [2.24, 2.45) is 23.7 Å². The average molecular weight is 794 g/mol. The number of nitrogens with one attached hydrogen (secondary N) is 1. The van der Waals surface area contributed by atoms with Gasteiger partial charge in [-0.2, -0.15) is 5.01 Å². The van der Waals surface area contributed by atoms with Gasteiger partial charge < -0.3 is 5.11 Å². The Morgan fingerprint density at radius 2 is 1.50 bits per heavy atom. The number of phenolic OH excluding ortho intramolecular Hbond substituents is 1. The Hall–Kier alpha value is -5.03. The highest BCUT2D eigenvalue weighted by molar-refractivity contribution is 6.31. The van der Waals surface area contributed by atoms with E-state index in [-0.39, 0.29) is 36.4 Å². The summed E-state index contributed by atoms with van der Waals surface area (Å²) in [5.74, 6) is -6.12. The zero-order valence-corrected chi connectivity index (χ0v) is 31.8. The van der Waals surface area contributed by atoms with Gasteiger partial charge in [0.2, 0.25) is 11.8 Å². The van der Waals surface area contributed by atoms with E-state index in [1.807, 2.05) is 24.3 Å². The van der Waals surface area contributed by atoms with Crippen molar-refractivity contribution < 1.29 is 28.7 Å². The van der Waals surface area contributed by atoms with Gasteiger partial charge in [0.15, 0.2) is 0 Å². The van der Waals surface area contributed by atoms with Crippen molar-refractivity contribution >= 4 is 52.5 Å². The summed E-state index contributed by atoms with van der Waals surface area (Å²) in [5.41, 5.74) is 4.38. The van der Waals surface area contributed by atoms with E-state index in [1.54, 1.807) is 36.4 Å². The lowest BCUT2D eigenvalue weighted by Crippen LogP contribution is -2.53. The van der Waals surface area contributed by atoms with Crippen molar-refractivity contribution in [3.8, 4) is 5.75 Å². The number of piperidine rings is 1. The number of anilines is 1. The van der Waals surface area contributed by atoms with Gasteiger partial charge in [-0.25, -0.2) is 4.39 Å². The minimum absolute atomic E-state index is 0.0992. The first-order valence-electron chi connectivity index (χ1n) is 19.0. The Labute approximate surface area is 333 Å². The summed E-state index contributed by atoms with van der Waals surface area (Å²) >= 11 is 13.0. The molecule has 4 aromatic rings. The summed E-state index contributed by atoms with van der Waals surface area (Å²) in [5, 5.41) is 13.3. The summed E-state index contributed by atoms with van der Waals surface area (Å²) in [4.78, 5) is 63.1. The standard InChI is InChI=1S/C44H39Cl2FN4O5/c45-27-8-6-26(7-9-27)44-36(41(54)51(43(44)56)48-30-13-11-29(47)12-14-30)23-34-32(39(44)35-22-28(46)10-17-37(35)52)15-16-33-38(34)42(55)50(40(33)53)31-18-20-49(21-19-31)24-25-4-2-1-3-5-25/h1-15,17,22,31,33-34,36,38-39,48,52H,16,18-21,23-24H2/t33-,34+,36-,38-,39+,44+/m0/s1. The molecule has 0 bridgehead atoms. The molecule has 2 N–H and O–H groups in total. The molecule has 4 fully saturated rings. The normalized spacial score (nSPS) is 27.9. The summed E-state index contributed by atoms with van der Waals surface area (Å²) in [6.07, 6.45) is 3.64. The number of carbonyl (C=O) groups excluding carboxylic acids is 4. The summed E-state index contributed by atoms with van der Waals surface area (Å²) in [6, 6.07) is 26.7. The van der Waals surface area contributed by atoms with Crippen LogP contribution >= 0.6 is 23.2 Å². The quantitative estimate of drug-likeness (QED) is 0.148. The molecular formula is C44H39Cl2FN4O5. The fourth-order valence-corrected chi connectivity index (χ4v) is 10.6. The van der Waals surface area contributed by atoms with Crippen LogP contribution in [0.2, 0.25) is 10.0 Å². The van der Waals surface area contributed by atoms with Crippen LogP contribution in [0.4, 0.5) is 10.1 Å². The molecule has 9 rings (SSSR count). The number of aromatic hydroxyl groups is 1. The average Bonchev–Trinajstić information content (AvgIpc) is 3.58.